The van der Waals surface area contributed by atoms with Crippen molar-refractivity contribution in [2.45, 2.75) is 45.6 Å². The summed E-state index contributed by atoms with van der Waals surface area (Å²) in [7, 11) is -2.39. The summed E-state index contributed by atoms with van der Waals surface area (Å²) in [4.78, 5) is 0. The molecule has 2 aliphatic rings. The molecule has 1 aliphatic heterocycles. The fourth-order valence-corrected chi connectivity index (χ4v) is 6.56. The molecule has 1 aliphatic carbocycles. The van der Waals surface area contributed by atoms with Crippen molar-refractivity contribution in [3.05, 3.63) is 22.2 Å². The normalized spacial score (nSPS) is 18.1. The van der Waals surface area contributed by atoms with E-state index in [-0.39, 0.29) is 51.0 Å². The molecule has 0 saturated carbocycles. The molecule has 1 saturated heterocycles. The monoisotopic (exact) mass is 426 g/mol. The summed E-state index contributed by atoms with van der Waals surface area (Å²) in [6.07, 6.45) is 5.65. The first kappa shape index (κ1) is 23.4. The van der Waals surface area contributed by atoms with Crippen LogP contribution in [0.25, 0.3) is 0 Å². The van der Waals surface area contributed by atoms with Gasteiger partial charge in [-0.25, -0.2) is 5.20 Å². The molecule has 1 fully saturated rings. The number of allylic oxidation sites excluding steroid dienone is 3. The Morgan fingerprint density at radius 3 is 2.30 bits per heavy atom. The Morgan fingerprint density at radius 2 is 1.85 bits per heavy atom. The summed E-state index contributed by atoms with van der Waals surface area (Å²) in [5, 5.41) is 6.82. The van der Waals surface area contributed by atoms with Gasteiger partial charge in [-0.2, -0.15) is 5.20 Å². The first-order chi connectivity index (χ1) is 7.82. The summed E-state index contributed by atoms with van der Waals surface area (Å²) in [6.45, 7) is 13.5. The maximum atomic E-state index is 5.84. The van der Waals surface area contributed by atoms with Gasteiger partial charge in [0.1, 0.15) is 0 Å². The summed E-state index contributed by atoms with van der Waals surface area (Å²) >= 11 is 0. The summed E-state index contributed by atoms with van der Waals surface area (Å²) in [6, 6.07) is 0. The van der Waals surface area contributed by atoms with Crippen LogP contribution in [-0.4, -0.2) is 29.5 Å². The van der Waals surface area contributed by atoms with E-state index >= 15 is 0 Å². The maximum Gasteiger partial charge on any atom is 3.00 e. The molecule has 1 N–H and O–H groups in total. The van der Waals surface area contributed by atoms with Crippen molar-refractivity contribution in [2.24, 2.45) is 0 Å². The van der Waals surface area contributed by atoms with Gasteiger partial charge in [0.05, 0.1) is 0 Å². The number of nitrogens with one attached hydrogen (secondary N) is 1. The SMILES string of the molecule is C[Si](C)(C)OCCCNC1=C2C(=[C-]C1)[Si]2(C)C.[Cl-].[Cl-].[Zr+3]. The van der Waals surface area contributed by atoms with Crippen LogP contribution in [0.5, 0.6) is 0 Å². The average molecular weight is 429 g/mol. The Kier molecular flexibility index (Phi) is 10.2. The van der Waals surface area contributed by atoms with Gasteiger partial charge in [0.25, 0.3) is 0 Å². The first-order valence-corrected chi connectivity index (χ1v) is 13.0. The topological polar surface area (TPSA) is 21.3 Å². The minimum atomic E-state index is -1.32. The average Bonchev–Trinajstić information content (AvgIpc) is 2.59. The van der Waals surface area contributed by atoms with Gasteiger partial charge in [0.2, 0.25) is 0 Å². The molecule has 2 nitrogen and oxygen atoms in total. The fourth-order valence-electron chi connectivity index (χ4n) is 2.41. The Balaban J connectivity index is 0. The predicted molar refractivity (Wildman–Crippen MR) is 77.8 cm³/mol. The third-order valence-electron chi connectivity index (χ3n) is 3.38. The summed E-state index contributed by atoms with van der Waals surface area (Å²) in [5.74, 6) is 0. The molecule has 0 spiro atoms. The second-order valence-electron chi connectivity index (χ2n) is 6.45. The standard InChI is InChI=1S/C13H24NOSi2.2ClH.Zr/c1-16(2,3)15-10-6-9-14-11-7-8-12-13(11)17(12,4)5;;;/h14H,6-7,9-10H2,1-5H3;2*1H;/q-1;;;+3/p-2. The zero-order valence-electron chi connectivity index (χ0n) is 13.0. The molecule has 1 heterocycles. The third-order valence-corrected chi connectivity index (χ3v) is 7.67. The zero-order valence-corrected chi connectivity index (χ0v) is 19.0. The van der Waals surface area contributed by atoms with Crippen molar-refractivity contribution in [2.75, 3.05) is 13.2 Å². The van der Waals surface area contributed by atoms with Crippen molar-refractivity contribution in [1.29, 1.82) is 0 Å². The molecule has 1 radical (unpaired) electrons. The summed E-state index contributed by atoms with van der Waals surface area (Å²) < 4.78 is 5.84. The van der Waals surface area contributed by atoms with Crippen LogP contribution in [0.2, 0.25) is 32.7 Å². The van der Waals surface area contributed by atoms with Crippen molar-refractivity contribution >= 4 is 16.4 Å². The van der Waals surface area contributed by atoms with Crippen molar-refractivity contribution < 1.29 is 55.4 Å². The van der Waals surface area contributed by atoms with E-state index in [1.165, 1.54) is 5.70 Å². The number of hydrogen-bond acceptors (Lipinski definition) is 2. The zero-order chi connectivity index (χ0) is 12.7. The van der Waals surface area contributed by atoms with Crippen LogP contribution in [0.15, 0.2) is 16.1 Å². The van der Waals surface area contributed by atoms with E-state index in [1.807, 2.05) is 0 Å². The quantitative estimate of drug-likeness (QED) is 0.277. The van der Waals surface area contributed by atoms with Crippen LogP contribution in [-0.2, 0) is 30.6 Å². The van der Waals surface area contributed by atoms with Crippen molar-refractivity contribution in [1.82, 2.24) is 5.32 Å². The molecule has 20 heavy (non-hydrogen) atoms. The molecule has 7 heteroatoms. The van der Waals surface area contributed by atoms with Crippen LogP contribution >= 0.6 is 0 Å². The van der Waals surface area contributed by atoms with E-state index in [9.17, 15) is 0 Å². The largest absolute Gasteiger partial charge is 3.00 e. The Bertz CT molecular complexity index is 392. The van der Waals surface area contributed by atoms with Crippen molar-refractivity contribution in [3.8, 4) is 0 Å². The first-order valence-electron chi connectivity index (χ1n) is 6.55. The Labute approximate surface area is 157 Å². The number of hydrogen-bond donors (Lipinski definition) is 1. The molecular weight excluding hydrogens is 404 g/mol. The van der Waals surface area contributed by atoms with E-state index in [1.54, 1.807) is 10.4 Å². The van der Waals surface area contributed by atoms with Gasteiger partial charge in [0, 0.05) is 13.2 Å². The Hall–Kier alpha value is 1.14. The molecule has 0 aromatic heterocycles. The number of halogens is 2. The predicted octanol–water partition coefficient (Wildman–Crippen LogP) is -2.99. The maximum absolute atomic E-state index is 5.84. The van der Waals surface area contributed by atoms with Gasteiger partial charge in [-0.1, -0.05) is 25.2 Å². The second-order valence-corrected chi connectivity index (χ2v) is 15.2. The fraction of sp³-hybridized carbons (Fsp3) is 0.692. The van der Waals surface area contributed by atoms with Gasteiger partial charge in [-0.05, 0) is 34.1 Å². The molecular formula is C13H24Cl2NOSi2Zr. The van der Waals surface area contributed by atoms with Crippen LogP contribution in [0, 0.1) is 6.08 Å². The minimum absolute atomic E-state index is 0. The molecule has 0 unspecified atom stereocenters. The summed E-state index contributed by atoms with van der Waals surface area (Å²) in [5.41, 5.74) is 1.46. The minimum Gasteiger partial charge on any atom is -1.00 e. The molecule has 0 atom stereocenters. The van der Waals surface area contributed by atoms with Crippen molar-refractivity contribution in [3.63, 3.8) is 0 Å². The van der Waals surface area contributed by atoms with E-state index in [0.717, 1.165) is 26.0 Å². The molecule has 0 bridgehead atoms. The molecule has 0 aromatic carbocycles. The third kappa shape index (κ3) is 5.73. The van der Waals surface area contributed by atoms with Gasteiger partial charge in [0.15, 0.2) is 8.32 Å². The van der Waals surface area contributed by atoms with E-state index < -0.39 is 16.4 Å². The number of rotatable bonds is 6. The van der Waals surface area contributed by atoms with Crippen LogP contribution in [0.4, 0.5) is 0 Å². The van der Waals surface area contributed by atoms with E-state index in [2.05, 4.69) is 44.1 Å². The van der Waals surface area contributed by atoms with Gasteiger partial charge < -0.3 is 34.6 Å². The van der Waals surface area contributed by atoms with Crippen LogP contribution in [0.1, 0.15) is 12.8 Å². The van der Waals surface area contributed by atoms with Crippen LogP contribution < -0.4 is 30.1 Å². The molecule has 113 valence electrons. The molecule has 0 amide bonds. The van der Waals surface area contributed by atoms with Crippen LogP contribution in [0.3, 0.4) is 0 Å². The molecule has 0 aromatic rings. The van der Waals surface area contributed by atoms with E-state index in [4.69, 9.17) is 4.43 Å². The van der Waals surface area contributed by atoms with Gasteiger partial charge in [-0.15, -0.1) is 0 Å². The smallest absolute Gasteiger partial charge is 1.00 e. The van der Waals surface area contributed by atoms with Gasteiger partial charge >= 0.3 is 26.2 Å². The molecule has 2 rings (SSSR count). The van der Waals surface area contributed by atoms with Gasteiger partial charge in [-0.3, -0.25) is 6.08 Å². The Morgan fingerprint density at radius 1 is 1.25 bits per heavy atom. The van der Waals surface area contributed by atoms with E-state index in [0.29, 0.717) is 0 Å². The number of fused-ring (bicyclic) bond motifs is 1. The second kappa shape index (κ2) is 8.69.